The molecule has 7 heteroatoms. The Morgan fingerprint density at radius 1 is 1.43 bits per heavy atom. The van der Waals surface area contributed by atoms with Crippen LogP contribution in [0.3, 0.4) is 0 Å². The van der Waals surface area contributed by atoms with Gasteiger partial charge in [0.05, 0.1) is 0 Å². The van der Waals surface area contributed by atoms with Crippen molar-refractivity contribution in [3.8, 4) is 0 Å². The highest BCUT2D eigenvalue weighted by atomic mass is 35.5. The van der Waals surface area contributed by atoms with E-state index in [0.717, 1.165) is 18.5 Å². The maximum atomic E-state index is 13.5. The van der Waals surface area contributed by atoms with Crippen molar-refractivity contribution in [2.24, 2.45) is 7.05 Å². The van der Waals surface area contributed by atoms with Crippen molar-refractivity contribution in [2.45, 2.75) is 18.4 Å². The summed E-state index contributed by atoms with van der Waals surface area (Å²) in [5.74, 6) is -0.294. The molecule has 1 aliphatic rings. The Labute approximate surface area is 140 Å². The lowest BCUT2D eigenvalue weighted by Gasteiger charge is -2.33. The van der Waals surface area contributed by atoms with Crippen LogP contribution in [0.1, 0.15) is 28.4 Å². The van der Waals surface area contributed by atoms with E-state index in [1.54, 1.807) is 36.1 Å². The molecule has 124 valence electrons. The summed E-state index contributed by atoms with van der Waals surface area (Å²) in [6, 6.07) is 8.24. The number of amides is 1. The predicted molar refractivity (Wildman–Crippen MR) is 88.3 cm³/mol. The molecule has 1 aromatic carbocycles. The Balaban J connectivity index is 0.00000192. The molecule has 2 aromatic rings. The second-order valence-corrected chi connectivity index (χ2v) is 5.57. The van der Waals surface area contributed by atoms with Crippen LogP contribution in [0.2, 0.25) is 0 Å². The first-order valence-electron chi connectivity index (χ1n) is 7.40. The van der Waals surface area contributed by atoms with E-state index in [1.807, 2.05) is 6.07 Å². The van der Waals surface area contributed by atoms with E-state index in [9.17, 15) is 9.18 Å². The number of carbonyl (C=O) groups is 1. The van der Waals surface area contributed by atoms with Gasteiger partial charge in [-0.3, -0.25) is 9.48 Å². The minimum absolute atomic E-state index is 0. The monoisotopic (exact) mass is 338 g/mol. The number of piperidine rings is 1. The molecule has 0 unspecified atom stereocenters. The Hall–Kier alpha value is -1.92. The van der Waals surface area contributed by atoms with Crippen LogP contribution in [0.4, 0.5) is 4.39 Å². The van der Waals surface area contributed by atoms with Crippen LogP contribution in [-0.4, -0.2) is 34.8 Å². The van der Waals surface area contributed by atoms with Crippen molar-refractivity contribution in [2.75, 3.05) is 13.1 Å². The molecule has 0 bridgehead atoms. The van der Waals surface area contributed by atoms with Gasteiger partial charge in [0.15, 0.2) is 0 Å². The van der Waals surface area contributed by atoms with Crippen molar-refractivity contribution in [3.63, 3.8) is 0 Å². The molecule has 5 nitrogen and oxygen atoms in total. The highest BCUT2D eigenvalue weighted by Gasteiger charge is 2.28. The molecule has 1 aromatic heterocycles. The molecule has 1 fully saturated rings. The van der Waals surface area contributed by atoms with E-state index in [-0.39, 0.29) is 36.1 Å². The molecule has 1 saturated heterocycles. The second-order valence-electron chi connectivity index (χ2n) is 5.57. The molecular formula is C16H20ClFN4O. The molecule has 23 heavy (non-hydrogen) atoms. The third-order valence-corrected chi connectivity index (χ3v) is 4.13. The molecule has 2 atom stereocenters. The molecule has 1 amide bonds. The summed E-state index contributed by atoms with van der Waals surface area (Å²) in [4.78, 5) is 12.4. The van der Waals surface area contributed by atoms with Gasteiger partial charge < -0.3 is 10.6 Å². The van der Waals surface area contributed by atoms with Crippen LogP contribution in [0.25, 0.3) is 0 Å². The average Bonchev–Trinajstić information content (AvgIpc) is 2.94. The summed E-state index contributed by atoms with van der Waals surface area (Å²) < 4.78 is 15.0. The molecular weight excluding hydrogens is 319 g/mol. The molecule has 2 heterocycles. The molecule has 0 spiro atoms. The number of aryl methyl sites for hydroxylation is 1. The number of hydrogen-bond acceptors (Lipinski definition) is 3. The lowest BCUT2D eigenvalue weighted by atomic mass is 9.86. The maximum Gasteiger partial charge on any atom is 0.269 e. The van der Waals surface area contributed by atoms with E-state index < -0.39 is 0 Å². The minimum atomic E-state index is -0.243. The Morgan fingerprint density at radius 2 is 2.26 bits per heavy atom. The van der Waals surface area contributed by atoms with Gasteiger partial charge in [-0.1, -0.05) is 12.1 Å². The fourth-order valence-electron chi connectivity index (χ4n) is 2.99. The first-order chi connectivity index (χ1) is 10.6. The van der Waals surface area contributed by atoms with Gasteiger partial charge in [-0.15, -0.1) is 12.4 Å². The number of nitrogens with zero attached hydrogens (tertiary/aromatic N) is 2. The quantitative estimate of drug-likeness (QED) is 0.898. The largest absolute Gasteiger partial charge is 0.346 e. The lowest BCUT2D eigenvalue weighted by Crippen LogP contribution is -2.50. The number of benzene rings is 1. The number of hydrogen-bond donors (Lipinski definition) is 2. The maximum absolute atomic E-state index is 13.5. The van der Waals surface area contributed by atoms with Crippen molar-refractivity contribution >= 4 is 18.3 Å². The fraction of sp³-hybridized carbons (Fsp3) is 0.375. The Kier molecular flexibility index (Phi) is 5.74. The topological polar surface area (TPSA) is 59.0 Å². The van der Waals surface area contributed by atoms with Crippen molar-refractivity contribution in [1.82, 2.24) is 20.4 Å². The van der Waals surface area contributed by atoms with Crippen LogP contribution in [-0.2, 0) is 7.05 Å². The van der Waals surface area contributed by atoms with Crippen LogP contribution in [0, 0.1) is 5.82 Å². The van der Waals surface area contributed by atoms with E-state index in [2.05, 4.69) is 15.7 Å². The zero-order chi connectivity index (χ0) is 15.5. The van der Waals surface area contributed by atoms with Gasteiger partial charge in [-0.05, 0) is 36.7 Å². The zero-order valence-electron chi connectivity index (χ0n) is 12.8. The Bertz CT molecular complexity index is 676. The van der Waals surface area contributed by atoms with Gasteiger partial charge in [0.2, 0.25) is 0 Å². The van der Waals surface area contributed by atoms with Crippen LogP contribution in [0.5, 0.6) is 0 Å². The predicted octanol–water partition coefficient (Wildman–Crippen LogP) is 1.86. The molecule has 2 N–H and O–H groups in total. The summed E-state index contributed by atoms with van der Waals surface area (Å²) >= 11 is 0. The van der Waals surface area contributed by atoms with Gasteiger partial charge in [0, 0.05) is 31.7 Å². The van der Waals surface area contributed by atoms with Crippen LogP contribution in [0.15, 0.2) is 36.5 Å². The Morgan fingerprint density at radius 3 is 2.96 bits per heavy atom. The average molecular weight is 339 g/mol. The molecule has 3 rings (SSSR count). The van der Waals surface area contributed by atoms with Crippen molar-refractivity contribution in [1.29, 1.82) is 0 Å². The van der Waals surface area contributed by atoms with Crippen molar-refractivity contribution < 1.29 is 9.18 Å². The lowest BCUT2D eigenvalue weighted by molar-refractivity contribution is 0.0915. The molecule has 0 radical (unpaired) electrons. The van der Waals surface area contributed by atoms with Crippen LogP contribution >= 0.6 is 12.4 Å². The second kappa shape index (κ2) is 7.57. The third-order valence-electron chi connectivity index (χ3n) is 4.13. The zero-order valence-corrected chi connectivity index (χ0v) is 13.6. The SMILES string of the molecule is Cl.Cn1nccc1C(=O)N[C@@H]1CNCC[C@H]1c1cccc(F)c1. The van der Waals surface area contributed by atoms with Gasteiger partial charge in [0.25, 0.3) is 5.91 Å². The van der Waals surface area contributed by atoms with E-state index in [4.69, 9.17) is 0 Å². The van der Waals surface area contributed by atoms with Gasteiger partial charge >= 0.3 is 0 Å². The fourth-order valence-corrected chi connectivity index (χ4v) is 2.99. The number of nitrogens with one attached hydrogen (secondary N) is 2. The highest BCUT2D eigenvalue weighted by Crippen LogP contribution is 2.26. The number of halogens is 2. The summed E-state index contributed by atoms with van der Waals surface area (Å²) in [5, 5.41) is 10.3. The number of aromatic nitrogens is 2. The first kappa shape index (κ1) is 17.4. The summed E-state index contributed by atoms with van der Waals surface area (Å²) in [5.41, 5.74) is 1.44. The van der Waals surface area contributed by atoms with Crippen molar-refractivity contribution in [3.05, 3.63) is 53.6 Å². The molecule has 1 aliphatic heterocycles. The normalized spacial score (nSPS) is 20.6. The highest BCUT2D eigenvalue weighted by molar-refractivity contribution is 5.92. The van der Waals surface area contributed by atoms with Gasteiger partial charge in [0.1, 0.15) is 11.5 Å². The van der Waals surface area contributed by atoms with E-state index in [0.29, 0.717) is 12.2 Å². The number of carbonyl (C=O) groups excluding carboxylic acids is 1. The first-order valence-corrected chi connectivity index (χ1v) is 7.40. The standard InChI is InChI=1S/C16H19FN4O.ClH/c1-21-15(6-8-19-21)16(22)20-14-10-18-7-5-13(14)11-3-2-4-12(17)9-11;/h2-4,6,8-9,13-14,18H,5,7,10H2,1H3,(H,20,22);1H/t13-,14+;/m0./s1. The smallest absolute Gasteiger partial charge is 0.269 e. The molecule has 0 aliphatic carbocycles. The summed E-state index contributed by atoms with van der Waals surface area (Å²) in [7, 11) is 1.73. The van der Waals surface area contributed by atoms with E-state index >= 15 is 0 Å². The minimum Gasteiger partial charge on any atom is -0.346 e. The third kappa shape index (κ3) is 3.89. The van der Waals surface area contributed by atoms with E-state index in [1.165, 1.54) is 6.07 Å². The summed E-state index contributed by atoms with van der Waals surface area (Å²) in [6.45, 7) is 1.53. The summed E-state index contributed by atoms with van der Waals surface area (Å²) in [6.07, 6.45) is 2.46. The van der Waals surface area contributed by atoms with Crippen LogP contribution < -0.4 is 10.6 Å². The van der Waals surface area contributed by atoms with Gasteiger partial charge in [-0.25, -0.2) is 4.39 Å². The molecule has 0 saturated carbocycles. The van der Waals surface area contributed by atoms with Gasteiger partial charge in [-0.2, -0.15) is 5.10 Å². The number of rotatable bonds is 3.